The number of aryl methyl sites for hydroxylation is 1. The molecule has 1 aliphatic carbocycles. The van der Waals surface area contributed by atoms with Gasteiger partial charge in [0.05, 0.1) is 6.33 Å². The Bertz CT molecular complexity index is 522. The summed E-state index contributed by atoms with van der Waals surface area (Å²) in [6.07, 6.45) is 6.91. The predicted molar refractivity (Wildman–Crippen MR) is 69.2 cm³/mol. The Labute approximate surface area is 106 Å². The summed E-state index contributed by atoms with van der Waals surface area (Å²) in [5, 5.41) is 13.1. The van der Waals surface area contributed by atoms with Gasteiger partial charge in [-0.15, -0.1) is 0 Å². The molecule has 1 aromatic heterocycles. The zero-order valence-electron chi connectivity index (χ0n) is 10.2. The molecule has 1 unspecified atom stereocenters. The zero-order valence-corrected chi connectivity index (χ0v) is 10.2. The van der Waals surface area contributed by atoms with Crippen LogP contribution >= 0.6 is 0 Å². The maximum atomic E-state index is 9.52. The maximum Gasteiger partial charge on any atom is 0.115 e. The van der Waals surface area contributed by atoms with E-state index < -0.39 is 0 Å². The second kappa shape index (κ2) is 4.82. The smallest absolute Gasteiger partial charge is 0.115 e. The van der Waals surface area contributed by atoms with Gasteiger partial charge in [0.25, 0.3) is 0 Å². The van der Waals surface area contributed by atoms with Crippen molar-refractivity contribution in [1.82, 2.24) is 15.3 Å². The van der Waals surface area contributed by atoms with Gasteiger partial charge < -0.3 is 15.4 Å². The van der Waals surface area contributed by atoms with E-state index in [-0.39, 0.29) is 0 Å². The normalized spacial score (nSPS) is 18.6. The van der Waals surface area contributed by atoms with Crippen LogP contribution in [0.3, 0.4) is 0 Å². The monoisotopic (exact) mass is 243 g/mol. The Kier molecular flexibility index (Phi) is 3.02. The van der Waals surface area contributed by atoms with Crippen molar-refractivity contribution < 1.29 is 5.11 Å². The van der Waals surface area contributed by atoms with Crippen molar-refractivity contribution in [3.63, 3.8) is 0 Å². The number of aromatic hydroxyl groups is 1. The van der Waals surface area contributed by atoms with Crippen molar-refractivity contribution in [2.75, 3.05) is 0 Å². The molecule has 0 saturated heterocycles. The highest BCUT2D eigenvalue weighted by Gasteiger charge is 2.19. The van der Waals surface area contributed by atoms with Crippen LogP contribution in [0.15, 0.2) is 30.7 Å². The number of hydrogen-bond acceptors (Lipinski definition) is 3. The van der Waals surface area contributed by atoms with E-state index in [1.54, 1.807) is 12.4 Å². The third-order valence-electron chi connectivity index (χ3n) is 3.53. The van der Waals surface area contributed by atoms with Crippen LogP contribution < -0.4 is 5.32 Å². The lowest BCUT2D eigenvalue weighted by molar-refractivity contribution is 0.448. The first-order valence-electron chi connectivity index (χ1n) is 6.35. The molecule has 0 fully saturated rings. The van der Waals surface area contributed by atoms with E-state index in [4.69, 9.17) is 0 Å². The van der Waals surface area contributed by atoms with Gasteiger partial charge >= 0.3 is 0 Å². The van der Waals surface area contributed by atoms with E-state index in [2.05, 4.69) is 15.3 Å². The minimum absolute atomic E-state index is 0.364. The van der Waals surface area contributed by atoms with Crippen LogP contribution in [0.1, 0.15) is 35.7 Å². The first-order valence-corrected chi connectivity index (χ1v) is 6.35. The van der Waals surface area contributed by atoms with Crippen molar-refractivity contribution in [2.45, 2.75) is 31.8 Å². The second-order valence-corrected chi connectivity index (χ2v) is 4.79. The fourth-order valence-electron chi connectivity index (χ4n) is 2.63. The summed E-state index contributed by atoms with van der Waals surface area (Å²) in [6, 6.07) is 6.07. The minimum Gasteiger partial charge on any atom is -0.508 e. The molecule has 1 aliphatic rings. The van der Waals surface area contributed by atoms with E-state index in [1.807, 2.05) is 18.3 Å². The maximum absolute atomic E-state index is 9.52. The van der Waals surface area contributed by atoms with Crippen LogP contribution in [0.4, 0.5) is 0 Å². The summed E-state index contributed by atoms with van der Waals surface area (Å²) in [4.78, 5) is 7.11. The average molecular weight is 243 g/mol. The number of fused-ring (bicyclic) bond motifs is 1. The highest BCUT2D eigenvalue weighted by atomic mass is 16.3. The fourth-order valence-corrected chi connectivity index (χ4v) is 2.63. The van der Waals surface area contributed by atoms with E-state index >= 15 is 0 Å². The summed E-state index contributed by atoms with van der Waals surface area (Å²) in [5.41, 5.74) is 3.68. The molecule has 1 heterocycles. The van der Waals surface area contributed by atoms with Gasteiger partial charge in [-0.05, 0) is 42.5 Å². The van der Waals surface area contributed by atoms with Crippen LogP contribution in [0.2, 0.25) is 0 Å². The van der Waals surface area contributed by atoms with E-state index in [9.17, 15) is 5.11 Å². The van der Waals surface area contributed by atoms with Gasteiger partial charge in [-0.25, -0.2) is 4.98 Å². The fraction of sp³-hybridized carbons (Fsp3) is 0.357. The number of benzene rings is 1. The number of rotatable bonds is 3. The largest absolute Gasteiger partial charge is 0.508 e. The molecule has 4 nitrogen and oxygen atoms in total. The first kappa shape index (κ1) is 11.3. The van der Waals surface area contributed by atoms with Crippen molar-refractivity contribution in [1.29, 1.82) is 0 Å². The van der Waals surface area contributed by atoms with E-state index in [0.717, 1.165) is 31.5 Å². The number of hydrogen-bond donors (Lipinski definition) is 3. The molecule has 18 heavy (non-hydrogen) atoms. The molecule has 3 rings (SSSR count). The molecule has 0 aliphatic heterocycles. The molecular formula is C14H17N3O. The lowest BCUT2D eigenvalue weighted by atomic mass is 9.87. The number of imidazole rings is 1. The lowest BCUT2D eigenvalue weighted by Crippen LogP contribution is -2.24. The lowest BCUT2D eigenvalue weighted by Gasteiger charge is -2.26. The summed E-state index contributed by atoms with van der Waals surface area (Å²) in [7, 11) is 0. The average Bonchev–Trinajstić information content (AvgIpc) is 2.89. The number of nitrogens with zero attached hydrogens (tertiary/aromatic N) is 1. The molecule has 0 radical (unpaired) electrons. The molecule has 0 amide bonds. The second-order valence-electron chi connectivity index (χ2n) is 4.79. The SMILES string of the molecule is Oc1ccc2c(c1)CCCC2NCc1cnc[nH]1. The number of H-pyrrole nitrogens is 1. The molecular weight excluding hydrogens is 226 g/mol. The molecule has 2 aromatic rings. The Hall–Kier alpha value is -1.81. The van der Waals surface area contributed by atoms with Crippen LogP contribution in [0, 0.1) is 0 Å². The van der Waals surface area contributed by atoms with Crippen molar-refractivity contribution in [3.05, 3.63) is 47.5 Å². The molecule has 0 bridgehead atoms. The molecule has 0 spiro atoms. The quantitative estimate of drug-likeness (QED) is 0.775. The number of aromatic nitrogens is 2. The molecule has 4 heteroatoms. The Morgan fingerprint density at radius 1 is 1.44 bits per heavy atom. The van der Waals surface area contributed by atoms with Crippen molar-refractivity contribution in [3.8, 4) is 5.75 Å². The van der Waals surface area contributed by atoms with E-state index in [1.165, 1.54) is 11.1 Å². The number of phenolic OH excluding ortho intramolecular Hbond substituents is 1. The van der Waals surface area contributed by atoms with Crippen LogP contribution in [0.5, 0.6) is 5.75 Å². The highest BCUT2D eigenvalue weighted by Crippen LogP contribution is 2.31. The molecule has 1 atom stereocenters. The minimum atomic E-state index is 0.364. The highest BCUT2D eigenvalue weighted by molar-refractivity contribution is 5.38. The van der Waals surface area contributed by atoms with Crippen molar-refractivity contribution in [2.24, 2.45) is 0 Å². The van der Waals surface area contributed by atoms with Gasteiger partial charge in [0, 0.05) is 24.5 Å². The Balaban J connectivity index is 1.75. The van der Waals surface area contributed by atoms with Gasteiger partial charge in [-0.2, -0.15) is 0 Å². The number of aromatic amines is 1. The number of nitrogens with one attached hydrogen (secondary N) is 2. The summed E-state index contributed by atoms with van der Waals surface area (Å²) in [6.45, 7) is 0.797. The standard InChI is InChI=1S/C14H17N3O/c18-12-4-5-13-10(6-12)2-1-3-14(13)16-8-11-7-15-9-17-11/h4-7,9,14,16,18H,1-3,8H2,(H,15,17). The van der Waals surface area contributed by atoms with Gasteiger partial charge in [0.2, 0.25) is 0 Å². The van der Waals surface area contributed by atoms with Crippen LogP contribution in [-0.2, 0) is 13.0 Å². The molecule has 3 N–H and O–H groups in total. The molecule has 0 saturated carbocycles. The Morgan fingerprint density at radius 3 is 3.22 bits per heavy atom. The third kappa shape index (κ3) is 2.24. The first-order chi connectivity index (χ1) is 8.83. The Morgan fingerprint density at radius 2 is 2.39 bits per heavy atom. The molecule has 94 valence electrons. The van der Waals surface area contributed by atoms with Crippen LogP contribution in [-0.4, -0.2) is 15.1 Å². The zero-order chi connectivity index (χ0) is 12.4. The summed E-state index contributed by atoms with van der Waals surface area (Å²) in [5.74, 6) is 0.364. The topological polar surface area (TPSA) is 60.9 Å². The van der Waals surface area contributed by atoms with Gasteiger partial charge in [-0.3, -0.25) is 0 Å². The van der Waals surface area contributed by atoms with Gasteiger partial charge in [0.1, 0.15) is 5.75 Å². The predicted octanol–water partition coefficient (Wildman–Crippen LogP) is 2.28. The third-order valence-corrected chi connectivity index (χ3v) is 3.53. The van der Waals surface area contributed by atoms with Gasteiger partial charge in [-0.1, -0.05) is 6.07 Å². The van der Waals surface area contributed by atoms with Crippen LogP contribution in [0.25, 0.3) is 0 Å². The number of phenols is 1. The summed E-state index contributed by atoms with van der Waals surface area (Å²) < 4.78 is 0. The van der Waals surface area contributed by atoms with Gasteiger partial charge in [0.15, 0.2) is 0 Å². The van der Waals surface area contributed by atoms with E-state index in [0.29, 0.717) is 11.8 Å². The summed E-state index contributed by atoms with van der Waals surface area (Å²) >= 11 is 0. The van der Waals surface area contributed by atoms with Crippen molar-refractivity contribution >= 4 is 0 Å². The molecule has 1 aromatic carbocycles.